The van der Waals surface area contributed by atoms with Gasteiger partial charge in [-0.3, -0.25) is 14.3 Å². The fraction of sp³-hybridized carbons (Fsp3) is 0.103. The Kier molecular flexibility index (Phi) is 7.78. The van der Waals surface area contributed by atoms with Crippen LogP contribution in [0, 0.1) is 0 Å². The van der Waals surface area contributed by atoms with Crippen LogP contribution in [-0.4, -0.2) is 46.3 Å². The molecule has 4 aromatic carbocycles. The molecule has 0 saturated carbocycles. The van der Waals surface area contributed by atoms with E-state index < -0.39 is 10.0 Å². The number of carbonyl (C=O) groups excluding carboxylic acids is 2. The standard InChI is InChI=1S/C29H27N3O5S/c1-32(2)29(34)23-12-7-11-21(17-23)22-15-16-26(37-3)27(18-22)38(35,36)31-25-14-8-13-24(19-25)30-28(33)20-9-5-4-6-10-20/h4-19,31H,1-3H3,(H,30,33). The molecule has 0 unspecified atom stereocenters. The molecule has 194 valence electrons. The van der Waals surface area contributed by atoms with Crippen LogP contribution in [0.5, 0.6) is 5.75 Å². The van der Waals surface area contributed by atoms with Crippen molar-refractivity contribution in [1.29, 1.82) is 0 Å². The van der Waals surface area contributed by atoms with Crippen LogP contribution in [-0.2, 0) is 10.0 Å². The lowest BCUT2D eigenvalue weighted by molar-refractivity contribution is 0.0827. The summed E-state index contributed by atoms with van der Waals surface area (Å²) in [6.07, 6.45) is 0. The van der Waals surface area contributed by atoms with Gasteiger partial charge in [-0.05, 0) is 65.7 Å². The molecule has 2 N–H and O–H groups in total. The Morgan fingerprint density at radius 2 is 1.39 bits per heavy atom. The zero-order valence-electron chi connectivity index (χ0n) is 21.1. The second-order valence-corrected chi connectivity index (χ2v) is 10.3. The van der Waals surface area contributed by atoms with Gasteiger partial charge in [-0.25, -0.2) is 8.42 Å². The molecule has 0 aliphatic carbocycles. The third kappa shape index (κ3) is 6.01. The largest absolute Gasteiger partial charge is 0.495 e. The van der Waals surface area contributed by atoms with Gasteiger partial charge in [0.2, 0.25) is 0 Å². The number of nitrogens with zero attached hydrogens (tertiary/aromatic N) is 1. The number of ether oxygens (including phenoxy) is 1. The molecule has 0 fully saturated rings. The Labute approximate surface area is 221 Å². The highest BCUT2D eigenvalue weighted by atomic mass is 32.2. The van der Waals surface area contributed by atoms with Crippen molar-refractivity contribution in [2.45, 2.75) is 4.90 Å². The van der Waals surface area contributed by atoms with Gasteiger partial charge < -0.3 is 15.0 Å². The van der Waals surface area contributed by atoms with Crippen molar-refractivity contribution >= 4 is 33.2 Å². The van der Waals surface area contributed by atoms with Crippen LogP contribution >= 0.6 is 0 Å². The second kappa shape index (κ2) is 11.2. The van der Waals surface area contributed by atoms with Crippen molar-refractivity contribution in [3.8, 4) is 16.9 Å². The highest BCUT2D eigenvalue weighted by Gasteiger charge is 2.21. The van der Waals surface area contributed by atoms with E-state index in [4.69, 9.17) is 4.74 Å². The van der Waals surface area contributed by atoms with Crippen molar-refractivity contribution in [1.82, 2.24) is 4.90 Å². The lowest BCUT2D eigenvalue weighted by Crippen LogP contribution is -2.21. The molecule has 0 radical (unpaired) electrons. The summed E-state index contributed by atoms with van der Waals surface area (Å²) in [6.45, 7) is 0. The molecule has 9 heteroatoms. The number of anilines is 2. The van der Waals surface area contributed by atoms with E-state index in [1.165, 1.54) is 24.1 Å². The number of amides is 2. The lowest BCUT2D eigenvalue weighted by Gasteiger charge is -2.15. The summed E-state index contributed by atoms with van der Waals surface area (Å²) < 4.78 is 34.8. The monoisotopic (exact) mass is 529 g/mol. The summed E-state index contributed by atoms with van der Waals surface area (Å²) in [5.41, 5.74) is 2.95. The van der Waals surface area contributed by atoms with E-state index in [1.807, 2.05) is 6.07 Å². The van der Waals surface area contributed by atoms with Gasteiger partial charge in [0.25, 0.3) is 21.8 Å². The molecule has 0 saturated heterocycles. The molecule has 2 amide bonds. The number of benzene rings is 4. The van der Waals surface area contributed by atoms with Crippen LogP contribution in [0.25, 0.3) is 11.1 Å². The van der Waals surface area contributed by atoms with Crippen molar-refractivity contribution in [3.63, 3.8) is 0 Å². The number of carbonyl (C=O) groups is 2. The maximum absolute atomic E-state index is 13.4. The van der Waals surface area contributed by atoms with Gasteiger partial charge in [-0.2, -0.15) is 0 Å². The summed E-state index contributed by atoms with van der Waals surface area (Å²) in [4.78, 5) is 26.3. The van der Waals surface area contributed by atoms with Gasteiger partial charge >= 0.3 is 0 Å². The lowest BCUT2D eigenvalue weighted by atomic mass is 10.0. The van der Waals surface area contributed by atoms with Crippen molar-refractivity contribution in [2.24, 2.45) is 0 Å². The number of hydrogen-bond acceptors (Lipinski definition) is 5. The fourth-order valence-electron chi connectivity index (χ4n) is 3.82. The van der Waals surface area contributed by atoms with Crippen molar-refractivity contribution < 1.29 is 22.7 Å². The SMILES string of the molecule is COc1ccc(-c2cccc(C(=O)N(C)C)c2)cc1S(=O)(=O)Nc1cccc(NC(=O)c2ccccc2)c1. The second-order valence-electron chi connectivity index (χ2n) is 8.65. The number of hydrogen-bond donors (Lipinski definition) is 2. The Bertz CT molecular complexity index is 1590. The summed E-state index contributed by atoms with van der Waals surface area (Å²) in [6, 6.07) is 26.9. The highest BCUT2D eigenvalue weighted by Crippen LogP contribution is 2.32. The molecule has 0 aromatic heterocycles. The first-order chi connectivity index (χ1) is 18.2. The third-order valence-corrected chi connectivity index (χ3v) is 7.11. The van der Waals surface area contributed by atoms with E-state index in [0.29, 0.717) is 27.9 Å². The minimum atomic E-state index is -4.09. The number of nitrogens with one attached hydrogen (secondary N) is 2. The Morgan fingerprint density at radius 3 is 2.11 bits per heavy atom. The van der Waals surface area contributed by atoms with Gasteiger partial charge in [0.15, 0.2) is 0 Å². The Balaban J connectivity index is 1.62. The summed E-state index contributed by atoms with van der Waals surface area (Å²) in [5, 5.41) is 2.77. The molecular weight excluding hydrogens is 502 g/mol. The molecule has 0 heterocycles. The fourth-order valence-corrected chi connectivity index (χ4v) is 5.07. The summed E-state index contributed by atoms with van der Waals surface area (Å²) in [7, 11) is 0.641. The molecule has 0 atom stereocenters. The van der Waals surface area contributed by atoms with Crippen LogP contribution < -0.4 is 14.8 Å². The smallest absolute Gasteiger partial charge is 0.265 e. The van der Waals surface area contributed by atoms with Gasteiger partial charge in [-0.1, -0.05) is 42.5 Å². The van der Waals surface area contributed by atoms with E-state index in [-0.39, 0.29) is 28.1 Å². The quantitative estimate of drug-likeness (QED) is 0.330. The molecule has 8 nitrogen and oxygen atoms in total. The molecule has 0 aliphatic heterocycles. The maximum Gasteiger partial charge on any atom is 0.265 e. The first kappa shape index (κ1) is 26.4. The molecule has 4 rings (SSSR count). The van der Waals surface area contributed by atoms with Crippen LogP contribution in [0.3, 0.4) is 0 Å². The Hall–Kier alpha value is -4.63. The van der Waals surface area contributed by atoms with Gasteiger partial charge in [-0.15, -0.1) is 0 Å². The molecular formula is C29H27N3O5S. The molecule has 4 aromatic rings. The zero-order chi connectivity index (χ0) is 27.3. The van der Waals surface area contributed by atoms with E-state index >= 15 is 0 Å². The van der Waals surface area contributed by atoms with Crippen LogP contribution in [0.4, 0.5) is 11.4 Å². The van der Waals surface area contributed by atoms with E-state index in [2.05, 4.69) is 10.0 Å². The molecule has 38 heavy (non-hydrogen) atoms. The van der Waals surface area contributed by atoms with E-state index in [1.54, 1.807) is 93.0 Å². The highest BCUT2D eigenvalue weighted by molar-refractivity contribution is 7.92. The van der Waals surface area contributed by atoms with E-state index in [0.717, 1.165) is 0 Å². The first-order valence-electron chi connectivity index (χ1n) is 11.7. The normalized spacial score (nSPS) is 10.9. The van der Waals surface area contributed by atoms with Crippen LogP contribution in [0.15, 0.2) is 102 Å². The first-order valence-corrected chi connectivity index (χ1v) is 13.2. The molecule has 0 bridgehead atoms. The minimum Gasteiger partial charge on any atom is -0.495 e. The van der Waals surface area contributed by atoms with Crippen molar-refractivity contribution in [2.75, 3.05) is 31.2 Å². The average molecular weight is 530 g/mol. The third-order valence-electron chi connectivity index (χ3n) is 5.71. The summed E-state index contributed by atoms with van der Waals surface area (Å²) >= 11 is 0. The number of methoxy groups -OCH3 is 1. The Morgan fingerprint density at radius 1 is 0.737 bits per heavy atom. The van der Waals surface area contributed by atoms with Gasteiger partial charge in [0.1, 0.15) is 10.6 Å². The minimum absolute atomic E-state index is 0.0689. The molecule has 0 spiro atoms. The number of sulfonamides is 1. The van der Waals surface area contributed by atoms with Gasteiger partial charge in [0.05, 0.1) is 12.8 Å². The molecule has 0 aliphatic rings. The number of rotatable bonds is 8. The van der Waals surface area contributed by atoms with E-state index in [9.17, 15) is 18.0 Å². The summed E-state index contributed by atoms with van der Waals surface area (Å²) in [5.74, 6) is -0.306. The van der Waals surface area contributed by atoms with Crippen LogP contribution in [0.1, 0.15) is 20.7 Å². The van der Waals surface area contributed by atoms with Crippen LogP contribution in [0.2, 0.25) is 0 Å². The zero-order valence-corrected chi connectivity index (χ0v) is 22.0. The maximum atomic E-state index is 13.4. The predicted molar refractivity (Wildman–Crippen MR) is 148 cm³/mol. The predicted octanol–water partition coefficient (Wildman–Crippen LogP) is 5.12. The topological polar surface area (TPSA) is 105 Å². The van der Waals surface area contributed by atoms with Crippen molar-refractivity contribution in [3.05, 3.63) is 108 Å². The van der Waals surface area contributed by atoms with Gasteiger partial charge in [0, 0.05) is 30.9 Å². The average Bonchev–Trinajstić information content (AvgIpc) is 2.92.